The normalized spacial score (nSPS) is 13.5. The summed E-state index contributed by atoms with van der Waals surface area (Å²) in [6.45, 7) is 0.625. The summed E-state index contributed by atoms with van der Waals surface area (Å²) in [6, 6.07) is 6.48. The fourth-order valence-corrected chi connectivity index (χ4v) is 3.45. The zero-order chi connectivity index (χ0) is 18.8. The summed E-state index contributed by atoms with van der Waals surface area (Å²) >= 11 is 5.70. The van der Waals surface area contributed by atoms with Crippen molar-refractivity contribution < 1.29 is 9.18 Å². The highest BCUT2D eigenvalue weighted by atomic mass is 35.5. The summed E-state index contributed by atoms with van der Waals surface area (Å²) in [4.78, 5) is 14.5. The minimum absolute atomic E-state index is 0.0304. The molecule has 4 rings (SSSR count). The Balaban J connectivity index is 1.51. The Hall–Kier alpha value is -2.80. The quantitative estimate of drug-likeness (QED) is 0.745. The number of aromatic amines is 1. The molecule has 0 fully saturated rings. The van der Waals surface area contributed by atoms with Gasteiger partial charge in [-0.3, -0.25) is 14.8 Å². The van der Waals surface area contributed by atoms with Gasteiger partial charge in [-0.2, -0.15) is 15.3 Å². The number of aryl methyl sites for hydroxylation is 1. The van der Waals surface area contributed by atoms with Crippen LogP contribution in [-0.2, 0) is 17.6 Å². The van der Waals surface area contributed by atoms with Gasteiger partial charge in [-0.25, -0.2) is 4.39 Å². The zero-order valence-electron chi connectivity index (χ0n) is 14.5. The molecule has 3 aromatic rings. The summed E-state index contributed by atoms with van der Waals surface area (Å²) in [5.74, 6) is 0.169. The molecular formula is C19H17ClFN5O. The molecule has 1 N–H and O–H groups in total. The van der Waals surface area contributed by atoms with Crippen LogP contribution in [0.4, 0.5) is 10.2 Å². The molecule has 0 spiro atoms. The van der Waals surface area contributed by atoms with Crippen molar-refractivity contribution in [2.75, 3.05) is 11.4 Å². The number of benzene rings is 1. The molecule has 138 valence electrons. The molecule has 0 aliphatic carbocycles. The monoisotopic (exact) mass is 385 g/mol. The fraction of sp³-hybridized carbons (Fsp3) is 0.263. The van der Waals surface area contributed by atoms with Crippen molar-refractivity contribution in [3.63, 3.8) is 0 Å². The predicted molar refractivity (Wildman–Crippen MR) is 100 cm³/mol. The van der Waals surface area contributed by atoms with Crippen LogP contribution < -0.4 is 4.90 Å². The number of fused-ring (bicyclic) bond motifs is 1. The molecule has 2 aromatic heterocycles. The predicted octanol–water partition coefficient (Wildman–Crippen LogP) is 3.57. The molecular weight excluding hydrogens is 369 g/mol. The van der Waals surface area contributed by atoms with Crippen molar-refractivity contribution >= 4 is 23.3 Å². The number of amides is 1. The van der Waals surface area contributed by atoms with Gasteiger partial charge in [0.25, 0.3) is 0 Å². The lowest BCUT2D eigenvalue weighted by Gasteiger charge is -2.26. The van der Waals surface area contributed by atoms with Gasteiger partial charge in [0, 0.05) is 24.1 Å². The van der Waals surface area contributed by atoms with E-state index in [1.165, 1.54) is 12.1 Å². The van der Waals surface area contributed by atoms with Crippen molar-refractivity contribution in [1.82, 2.24) is 20.4 Å². The molecule has 6 nitrogen and oxygen atoms in total. The topological polar surface area (TPSA) is 74.8 Å². The van der Waals surface area contributed by atoms with Crippen molar-refractivity contribution in [3.05, 3.63) is 58.6 Å². The number of aromatic nitrogens is 4. The molecule has 8 heteroatoms. The Morgan fingerprint density at radius 2 is 2.19 bits per heavy atom. The Labute approximate surface area is 160 Å². The summed E-state index contributed by atoms with van der Waals surface area (Å²) in [6.07, 6.45) is 5.72. The second-order valence-corrected chi connectivity index (χ2v) is 6.84. The third kappa shape index (κ3) is 3.55. The second kappa shape index (κ2) is 7.44. The van der Waals surface area contributed by atoms with Gasteiger partial charge < -0.3 is 0 Å². The van der Waals surface area contributed by atoms with E-state index in [1.54, 1.807) is 23.4 Å². The van der Waals surface area contributed by atoms with Crippen LogP contribution >= 0.6 is 11.6 Å². The van der Waals surface area contributed by atoms with Crippen LogP contribution in [0.2, 0.25) is 5.02 Å². The molecule has 0 radical (unpaired) electrons. The zero-order valence-corrected chi connectivity index (χ0v) is 15.2. The summed E-state index contributed by atoms with van der Waals surface area (Å²) < 4.78 is 13.6. The van der Waals surface area contributed by atoms with Crippen LogP contribution in [0.3, 0.4) is 0 Å². The van der Waals surface area contributed by atoms with Gasteiger partial charge >= 0.3 is 0 Å². The molecule has 0 unspecified atom stereocenters. The highest BCUT2D eigenvalue weighted by Gasteiger charge is 2.27. The van der Waals surface area contributed by atoms with E-state index in [1.807, 2.05) is 6.07 Å². The van der Waals surface area contributed by atoms with Crippen molar-refractivity contribution in [3.8, 4) is 11.3 Å². The molecule has 27 heavy (non-hydrogen) atoms. The van der Waals surface area contributed by atoms with E-state index in [0.29, 0.717) is 18.8 Å². The molecule has 1 aliphatic heterocycles. The molecule has 0 atom stereocenters. The number of halogens is 2. The third-order valence-electron chi connectivity index (χ3n) is 4.69. The van der Waals surface area contributed by atoms with Crippen LogP contribution in [0, 0.1) is 5.82 Å². The van der Waals surface area contributed by atoms with Gasteiger partial charge in [-0.1, -0.05) is 17.7 Å². The lowest BCUT2D eigenvalue weighted by atomic mass is 10.0. The maximum absolute atomic E-state index is 13.6. The van der Waals surface area contributed by atoms with Crippen molar-refractivity contribution in [2.45, 2.75) is 25.7 Å². The van der Waals surface area contributed by atoms with E-state index in [0.717, 1.165) is 35.2 Å². The standard InChI is InChI=1S/C19H17ClFN5O/c20-15-5-3-12(10-16(15)21)4-6-17(27)26-9-1-2-14-18(24-25-19(14)26)13-7-8-22-23-11-13/h3,5,7-8,10-11H,1-2,4,6,9H2,(H,24,25). The van der Waals surface area contributed by atoms with E-state index >= 15 is 0 Å². The lowest BCUT2D eigenvalue weighted by Crippen LogP contribution is -2.35. The molecule has 1 aliphatic rings. The van der Waals surface area contributed by atoms with Crippen LogP contribution in [0.25, 0.3) is 11.3 Å². The van der Waals surface area contributed by atoms with Crippen LogP contribution in [-0.4, -0.2) is 32.8 Å². The number of carbonyl (C=O) groups excluding carboxylic acids is 1. The van der Waals surface area contributed by atoms with E-state index < -0.39 is 5.82 Å². The van der Waals surface area contributed by atoms with Gasteiger partial charge in [0.15, 0.2) is 5.82 Å². The number of hydrogen-bond donors (Lipinski definition) is 1. The Morgan fingerprint density at radius 1 is 1.30 bits per heavy atom. The number of nitrogens with zero attached hydrogens (tertiary/aromatic N) is 4. The van der Waals surface area contributed by atoms with Crippen molar-refractivity contribution in [2.24, 2.45) is 0 Å². The number of rotatable bonds is 4. The summed E-state index contributed by atoms with van der Waals surface area (Å²) in [5, 5.41) is 15.2. The van der Waals surface area contributed by atoms with Gasteiger partial charge in [-0.15, -0.1) is 0 Å². The summed E-state index contributed by atoms with van der Waals surface area (Å²) in [7, 11) is 0. The SMILES string of the molecule is O=C(CCc1ccc(Cl)c(F)c1)N1CCCc2c1n[nH]c2-c1ccnnc1. The van der Waals surface area contributed by atoms with Gasteiger partial charge in [0.2, 0.25) is 5.91 Å². The van der Waals surface area contributed by atoms with Crippen molar-refractivity contribution in [1.29, 1.82) is 0 Å². The molecule has 3 heterocycles. The molecule has 0 saturated heterocycles. The molecule has 0 saturated carbocycles. The second-order valence-electron chi connectivity index (χ2n) is 6.43. The minimum atomic E-state index is -0.468. The largest absolute Gasteiger partial charge is 0.295 e. The molecule has 0 bridgehead atoms. The van der Waals surface area contributed by atoms with E-state index in [4.69, 9.17) is 11.6 Å². The molecule has 1 amide bonds. The number of nitrogens with one attached hydrogen (secondary N) is 1. The maximum atomic E-state index is 13.6. The minimum Gasteiger partial charge on any atom is -0.295 e. The Bertz CT molecular complexity index is 975. The summed E-state index contributed by atoms with van der Waals surface area (Å²) in [5.41, 5.74) is 3.52. The first-order chi connectivity index (χ1) is 13.1. The first kappa shape index (κ1) is 17.6. The Kier molecular flexibility index (Phi) is 4.85. The average Bonchev–Trinajstić information content (AvgIpc) is 3.13. The van der Waals surface area contributed by atoms with E-state index in [9.17, 15) is 9.18 Å². The Morgan fingerprint density at radius 3 is 2.96 bits per heavy atom. The number of H-pyrrole nitrogens is 1. The van der Waals surface area contributed by atoms with Gasteiger partial charge in [0.05, 0.1) is 23.1 Å². The van der Waals surface area contributed by atoms with Crippen LogP contribution in [0.1, 0.15) is 24.0 Å². The maximum Gasteiger partial charge on any atom is 0.228 e. The lowest BCUT2D eigenvalue weighted by molar-refractivity contribution is -0.118. The van der Waals surface area contributed by atoms with E-state index in [2.05, 4.69) is 20.4 Å². The van der Waals surface area contributed by atoms with E-state index in [-0.39, 0.29) is 17.4 Å². The fourth-order valence-electron chi connectivity index (χ4n) is 3.34. The first-order valence-electron chi connectivity index (χ1n) is 8.72. The number of anilines is 1. The highest BCUT2D eigenvalue weighted by molar-refractivity contribution is 6.30. The smallest absolute Gasteiger partial charge is 0.228 e. The molecule has 1 aromatic carbocycles. The van der Waals surface area contributed by atoms with Crippen LogP contribution in [0.15, 0.2) is 36.7 Å². The van der Waals surface area contributed by atoms with Gasteiger partial charge in [0.1, 0.15) is 5.82 Å². The van der Waals surface area contributed by atoms with Gasteiger partial charge in [-0.05, 0) is 43.0 Å². The number of hydrogen-bond acceptors (Lipinski definition) is 4. The third-order valence-corrected chi connectivity index (χ3v) is 5.00. The number of carbonyl (C=O) groups is 1. The average molecular weight is 386 g/mol. The highest BCUT2D eigenvalue weighted by Crippen LogP contribution is 2.33. The first-order valence-corrected chi connectivity index (χ1v) is 9.10. The van der Waals surface area contributed by atoms with Crippen LogP contribution in [0.5, 0.6) is 0 Å².